The van der Waals surface area contributed by atoms with Gasteiger partial charge in [-0.3, -0.25) is 9.52 Å². The van der Waals surface area contributed by atoms with E-state index < -0.39 is 39.8 Å². The molecule has 7 nitrogen and oxygen atoms in total. The van der Waals surface area contributed by atoms with Crippen LogP contribution in [0.4, 0.5) is 14.5 Å². The average molecular weight is 560 g/mol. The summed E-state index contributed by atoms with van der Waals surface area (Å²) in [6.07, 6.45) is 1.83. The summed E-state index contributed by atoms with van der Waals surface area (Å²) in [5, 5.41) is 3.29. The van der Waals surface area contributed by atoms with E-state index in [4.69, 9.17) is 10.5 Å². The van der Waals surface area contributed by atoms with Crippen LogP contribution in [0.25, 0.3) is 0 Å². The summed E-state index contributed by atoms with van der Waals surface area (Å²) in [5.74, 6) is -1.86. The van der Waals surface area contributed by atoms with Crippen molar-refractivity contribution < 1.29 is 26.7 Å². The number of hydrogen-bond acceptors (Lipinski definition) is 6. The number of aryl methyl sites for hydroxylation is 2. The molecule has 0 aliphatic heterocycles. The molecule has 3 aromatic carbocycles. The monoisotopic (exact) mass is 559 g/mol. The number of benzene rings is 3. The predicted molar refractivity (Wildman–Crippen MR) is 149 cm³/mol. The van der Waals surface area contributed by atoms with Gasteiger partial charge in [0.2, 0.25) is 10.0 Å². The first-order chi connectivity index (χ1) is 18.5. The Kier molecular flexibility index (Phi) is 11.0. The van der Waals surface area contributed by atoms with E-state index in [2.05, 4.69) is 29.1 Å². The van der Waals surface area contributed by atoms with E-state index >= 15 is 0 Å². The van der Waals surface area contributed by atoms with Crippen LogP contribution in [0.5, 0.6) is 0 Å². The molecule has 0 saturated heterocycles. The maximum absolute atomic E-state index is 13.7. The normalized spacial score (nSPS) is 13.1. The first kappa shape index (κ1) is 30.2. The van der Waals surface area contributed by atoms with Gasteiger partial charge in [-0.05, 0) is 65.8 Å². The summed E-state index contributed by atoms with van der Waals surface area (Å²) in [6.45, 7) is 2.88. The standard InChI is InChI=1S/C29H35F2N3O4S/c1-3-20-5-4-6-22(13-20)18-33-19-28(27(32)16-23-14-24(30)17-25(31)15-23)38-29(35)12-9-21-7-10-26(11-8-21)34-39(2,36)37/h4-8,10-11,13-15,17,27-28,33-34H,3,9,12,16,18-19,32H2,1-2H3/t27-,28+/m0/s1. The van der Waals surface area contributed by atoms with Crippen molar-refractivity contribution in [2.75, 3.05) is 17.5 Å². The molecule has 0 fully saturated rings. The molecule has 4 N–H and O–H groups in total. The van der Waals surface area contributed by atoms with Crippen LogP contribution in [0.2, 0.25) is 0 Å². The number of carbonyl (C=O) groups is 1. The molecule has 3 aromatic rings. The predicted octanol–water partition coefficient (Wildman–Crippen LogP) is 4.10. The fourth-order valence-electron chi connectivity index (χ4n) is 4.16. The Balaban J connectivity index is 1.62. The molecule has 210 valence electrons. The van der Waals surface area contributed by atoms with Gasteiger partial charge >= 0.3 is 5.97 Å². The van der Waals surface area contributed by atoms with Gasteiger partial charge in [0.15, 0.2) is 0 Å². The average Bonchev–Trinajstić information content (AvgIpc) is 2.86. The highest BCUT2D eigenvalue weighted by Gasteiger charge is 2.23. The van der Waals surface area contributed by atoms with Gasteiger partial charge in [-0.1, -0.05) is 43.3 Å². The molecule has 3 rings (SSSR count). The van der Waals surface area contributed by atoms with E-state index in [1.165, 1.54) is 17.7 Å². The fourth-order valence-corrected chi connectivity index (χ4v) is 4.72. The quantitative estimate of drug-likeness (QED) is 0.257. The van der Waals surface area contributed by atoms with Gasteiger partial charge in [0.05, 0.1) is 6.26 Å². The number of hydrogen-bond donors (Lipinski definition) is 3. The zero-order valence-corrected chi connectivity index (χ0v) is 22.9. The third-order valence-corrected chi connectivity index (χ3v) is 6.71. The van der Waals surface area contributed by atoms with Crippen molar-refractivity contribution >= 4 is 21.7 Å². The minimum atomic E-state index is -3.38. The highest BCUT2D eigenvalue weighted by molar-refractivity contribution is 7.92. The number of ether oxygens (including phenoxy) is 1. The second-order valence-corrected chi connectivity index (χ2v) is 11.3. The van der Waals surface area contributed by atoms with Crippen LogP contribution in [-0.4, -0.2) is 39.3 Å². The van der Waals surface area contributed by atoms with Crippen LogP contribution in [0, 0.1) is 11.6 Å². The van der Waals surface area contributed by atoms with Crippen LogP contribution in [0.15, 0.2) is 66.7 Å². The molecule has 0 saturated carbocycles. The van der Waals surface area contributed by atoms with Crippen molar-refractivity contribution in [3.63, 3.8) is 0 Å². The van der Waals surface area contributed by atoms with Crippen LogP contribution in [0.3, 0.4) is 0 Å². The van der Waals surface area contributed by atoms with Gasteiger partial charge in [0.1, 0.15) is 17.7 Å². The van der Waals surface area contributed by atoms with Crippen LogP contribution in [-0.2, 0) is 45.4 Å². The number of nitrogens with two attached hydrogens (primary N) is 1. The van der Waals surface area contributed by atoms with E-state index in [9.17, 15) is 22.0 Å². The Labute approximate surface area is 228 Å². The fraction of sp³-hybridized carbons (Fsp3) is 0.345. The molecular formula is C29H35F2N3O4S. The van der Waals surface area contributed by atoms with Gasteiger partial charge in [-0.15, -0.1) is 0 Å². The Hall–Kier alpha value is -3.34. The van der Waals surface area contributed by atoms with Crippen molar-refractivity contribution in [3.8, 4) is 0 Å². The largest absolute Gasteiger partial charge is 0.459 e. The summed E-state index contributed by atoms with van der Waals surface area (Å²) in [4.78, 5) is 12.7. The molecule has 39 heavy (non-hydrogen) atoms. The summed E-state index contributed by atoms with van der Waals surface area (Å²) >= 11 is 0. The summed E-state index contributed by atoms with van der Waals surface area (Å²) in [6, 6.07) is 17.4. The molecule has 0 aliphatic carbocycles. The molecule has 2 atom stereocenters. The van der Waals surface area contributed by atoms with Crippen molar-refractivity contribution in [1.82, 2.24) is 5.32 Å². The second kappa shape index (κ2) is 14.2. The lowest BCUT2D eigenvalue weighted by molar-refractivity contribution is -0.149. The Morgan fingerprint density at radius 2 is 1.62 bits per heavy atom. The maximum Gasteiger partial charge on any atom is 0.306 e. The molecule has 0 aromatic heterocycles. The number of esters is 1. The first-order valence-electron chi connectivity index (χ1n) is 12.8. The van der Waals surface area contributed by atoms with Crippen molar-refractivity contribution in [2.24, 2.45) is 5.73 Å². The zero-order chi connectivity index (χ0) is 28.4. The summed E-state index contributed by atoms with van der Waals surface area (Å²) in [7, 11) is -3.38. The molecule has 0 unspecified atom stereocenters. The van der Waals surface area contributed by atoms with Gasteiger partial charge in [-0.2, -0.15) is 0 Å². The Morgan fingerprint density at radius 3 is 2.26 bits per heavy atom. The first-order valence-corrected chi connectivity index (χ1v) is 14.6. The van der Waals surface area contributed by atoms with Crippen LogP contribution >= 0.6 is 0 Å². The topological polar surface area (TPSA) is 111 Å². The summed E-state index contributed by atoms with van der Waals surface area (Å²) < 4.78 is 58.2. The highest BCUT2D eigenvalue weighted by Crippen LogP contribution is 2.15. The maximum atomic E-state index is 13.7. The number of sulfonamides is 1. The molecule has 0 heterocycles. The smallest absolute Gasteiger partial charge is 0.306 e. The minimum absolute atomic E-state index is 0.0786. The van der Waals surface area contributed by atoms with E-state index in [1.54, 1.807) is 24.3 Å². The van der Waals surface area contributed by atoms with Gasteiger partial charge in [0.25, 0.3) is 0 Å². The van der Waals surface area contributed by atoms with E-state index in [0.717, 1.165) is 29.9 Å². The third-order valence-electron chi connectivity index (χ3n) is 6.10. The Morgan fingerprint density at radius 1 is 0.949 bits per heavy atom. The number of halogens is 2. The third kappa shape index (κ3) is 10.7. The van der Waals surface area contributed by atoms with E-state index in [0.29, 0.717) is 24.2 Å². The number of nitrogens with one attached hydrogen (secondary N) is 2. The van der Waals surface area contributed by atoms with Gasteiger partial charge in [0, 0.05) is 37.3 Å². The van der Waals surface area contributed by atoms with E-state index in [1.807, 2.05) is 12.1 Å². The summed E-state index contributed by atoms with van der Waals surface area (Å²) in [5.41, 5.74) is 10.3. The van der Waals surface area contributed by atoms with Crippen LogP contribution < -0.4 is 15.8 Å². The molecule has 0 radical (unpaired) electrons. The molecule has 0 amide bonds. The lowest BCUT2D eigenvalue weighted by atomic mass is 10.0. The van der Waals surface area contributed by atoms with Gasteiger partial charge in [-0.25, -0.2) is 17.2 Å². The number of carbonyl (C=O) groups excluding carboxylic acids is 1. The number of rotatable bonds is 14. The minimum Gasteiger partial charge on any atom is -0.459 e. The van der Waals surface area contributed by atoms with Gasteiger partial charge < -0.3 is 15.8 Å². The Bertz CT molecular complexity index is 1330. The van der Waals surface area contributed by atoms with Crippen molar-refractivity contribution in [1.29, 1.82) is 0 Å². The zero-order valence-electron chi connectivity index (χ0n) is 22.1. The molecular weight excluding hydrogens is 524 g/mol. The molecule has 0 spiro atoms. The van der Waals surface area contributed by atoms with Crippen molar-refractivity contribution in [2.45, 2.75) is 51.3 Å². The number of anilines is 1. The van der Waals surface area contributed by atoms with E-state index in [-0.39, 0.29) is 19.4 Å². The second-order valence-electron chi connectivity index (χ2n) is 9.55. The lowest BCUT2D eigenvalue weighted by Crippen LogP contribution is -2.46. The van der Waals surface area contributed by atoms with Crippen molar-refractivity contribution in [3.05, 3.63) is 101 Å². The molecule has 10 heteroatoms. The lowest BCUT2D eigenvalue weighted by Gasteiger charge is -2.25. The molecule has 0 bridgehead atoms. The highest BCUT2D eigenvalue weighted by atomic mass is 32.2. The SMILES string of the molecule is CCc1cccc(CNC[C@@H](OC(=O)CCc2ccc(NS(C)(=O)=O)cc2)[C@@H](N)Cc2cc(F)cc(F)c2)c1. The van der Waals surface area contributed by atoms with Crippen LogP contribution in [0.1, 0.15) is 35.6 Å². The molecule has 0 aliphatic rings.